The van der Waals surface area contributed by atoms with E-state index in [9.17, 15) is 8.78 Å². The van der Waals surface area contributed by atoms with E-state index in [0.717, 1.165) is 31.8 Å². The molecule has 1 atom stereocenters. The number of aromatic nitrogens is 2. The van der Waals surface area contributed by atoms with Crippen molar-refractivity contribution in [2.45, 2.75) is 19.8 Å². The minimum Gasteiger partial charge on any atom is -0.342 e. The first-order valence-electron chi connectivity index (χ1n) is 6.84. The van der Waals surface area contributed by atoms with Crippen molar-refractivity contribution in [3.8, 4) is 11.3 Å². The van der Waals surface area contributed by atoms with E-state index in [-0.39, 0.29) is 5.56 Å². The lowest BCUT2D eigenvalue weighted by molar-refractivity contribution is 0.564. The van der Waals surface area contributed by atoms with E-state index in [4.69, 9.17) is 0 Å². The normalized spacial score (nSPS) is 18.6. The Bertz CT molecular complexity index is 616. The number of hydrogen-bond acceptors (Lipinski definition) is 2. The minimum absolute atomic E-state index is 0.233. The molecular weight excluding hydrogens is 260 g/mol. The fourth-order valence-corrected chi connectivity index (χ4v) is 2.62. The summed E-state index contributed by atoms with van der Waals surface area (Å²) in [5.74, 6) is 0.557. The molecule has 2 aromatic rings. The van der Waals surface area contributed by atoms with Crippen molar-refractivity contribution in [1.29, 1.82) is 0 Å². The molecule has 0 radical (unpaired) electrons. The summed E-state index contributed by atoms with van der Waals surface area (Å²) >= 11 is 0. The van der Waals surface area contributed by atoms with Gasteiger partial charge < -0.3 is 10.3 Å². The summed E-state index contributed by atoms with van der Waals surface area (Å²) in [5.41, 5.74) is 1.07. The second-order valence-corrected chi connectivity index (χ2v) is 5.39. The molecule has 1 unspecified atom stereocenters. The van der Waals surface area contributed by atoms with Crippen LogP contribution >= 0.6 is 0 Å². The van der Waals surface area contributed by atoms with Crippen LogP contribution in [0.2, 0.25) is 0 Å². The summed E-state index contributed by atoms with van der Waals surface area (Å²) in [6, 6.07) is 2.44. The van der Waals surface area contributed by atoms with Crippen LogP contribution < -0.4 is 5.32 Å². The third kappa shape index (κ3) is 2.58. The molecule has 1 aromatic heterocycles. The summed E-state index contributed by atoms with van der Waals surface area (Å²) < 4.78 is 27.5. The average molecular weight is 277 g/mol. The number of aromatic amines is 1. The van der Waals surface area contributed by atoms with Crippen molar-refractivity contribution in [3.05, 3.63) is 41.4 Å². The molecule has 2 heterocycles. The molecule has 1 saturated heterocycles. The topological polar surface area (TPSA) is 40.7 Å². The molecule has 2 N–H and O–H groups in total. The van der Waals surface area contributed by atoms with Gasteiger partial charge in [-0.05, 0) is 50.0 Å². The maximum Gasteiger partial charge on any atom is 0.133 e. The maximum atomic E-state index is 13.9. The van der Waals surface area contributed by atoms with Gasteiger partial charge in [0.05, 0.1) is 11.9 Å². The van der Waals surface area contributed by atoms with Crippen LogP contribution in [0.4, 0.5) is 8.78 Å². The fourth-order valence-electron chi connectivity index (χ4n) is 2.62. The molecule has 0 bridgehead atoms. The van der Waals surface area contributed by atoms with Gasteiger partial charge >= 0.3 is 0 Å². The monoisotopic (exact) mass is 277 g/mol. The highest BCUT2D eigenvalue weighted by Gasteiger charge is 2.17. The van der Waals surface area contributed by atoms with E-state index < -0.39 is 11.6 Å². The van der Waals surface area contributed by atoms with E-state index in [1.165, 1.54) is 12.1 Å². The van der Waals surface area contributed by atoms with E-state index in [2.05, 4.69) is 15.3 Å². The Hall–Kier alpha value is -1.75. The highest BCUT2D eigenvalue weighted by molar-refractivity contribution is 5.60. The summed E-state index contributed by atoms with van der Waals surface area (Å²) in [6.45, 7) is 3.58. The first-order chi connectivity index (χ1) is 9.63. The summed E-state index contributed by atoms with van der Waals surface area (Å²) in [6.07, 6.45) is 3.54. The van der Waals surface area contributed by atoms with Crippen LogP contribution in [0.25, 0.3) is 11.3 Å². The van der Waals surface area contributed by atoms with Gasteiger partial charge in [0.2, 0.25) is 0 Å². The zero-order valence-electron chi connectivity index (χ0n) is 11.3. The quantitative estimate of drug-likeness (QED) is 0.905. The second-order valence-electron chi connectivity index (χ2n) is 5.39. The van der Waals surface area contributed by atoms with Crippen LogP contribution in [0.3, 0.4) is 0 Å². The number of halogens is 2. The van der Waals surface area contributed by atoms with Crippen LogP contribution in [0.15, 0.2) is 18.3 Å². The number of aryl methyl sites for hydroxylation is 1. The van der Waals surface area contributed by atoms with E-state index >= 15 is 0 Å². The number of H-pyrrole nitrogens is 1. The molecule has 20 heavy (non-hydrogen) atoms. The maximum absolute atomic E-state index is 13.9. The molecule has 1 aromatic carbocycles. The lowest BCUT2D eigenvalue weighted by Crippen LogP contribution is -2.11. The van der Waals surface area contributed by atoms with E-state index in [0.29, 0.717) is 17.2 Å². The van der Waals surface area contributed by atoms with Gasteiger partial charge in [0.15, 0.2) is 0 Å². The zero-order valence-corrected chi connectivity index (χ0v) is 11.3. The fraction of sp³-hybridized carbons (Fsp3) is 0.400. The Kier molecular flexibility index (Phi) is 3.53. The molecule has 1 aliphatic rings. The smallest absolute Gasteiger partial charge is 0.133 e. The molecule has 3 rings (SSSR count). The molecule has 0 spiro atoms. The van der Waals surface area contributed by atoms with Crippen molar-refractivity contribution in [2.24, 2.45) is 5.92 Å². The number of nitrogens with one attached hydrogen (secondary N) is 2. The SMILES string of the molecule is Cc1cc(F)c(-c2cnc(CC3CCNC3)[nH]2)cc1F. The number of benzene rings is 1. The first-order valence-corrected chi connectivity index (χ1v) is 6.84. The van der Waals surface area contributed by atoms with Crippen LogP contribution in [0, 0.1) is 24.5 Å². The lowest BCUT2D eigenvalue weighted by Gasteiger charge is -2.05. The van der Waals surface area contributed by atoms with Crippen LogP contribution in [-0.2, 0) is 6.42 Å². The summed E-state index contributed by atoms with van der Waals surface area (Å²) in [7, 11) is 0. The number of hydrogen-bond donors (Lipinski definition) is 2. The Labute approximate surface area is 116 Å². The predicted octanol–water partition coefficient (Wildman–Crippen LogP) is 2.82. The van der Waals surface area contributed by atoms with Crippen LogP contribution in [0.5, 0.6) is 0 Å². The second kappa shape index (κ2) is 5.32. The van der Waals surface area contributed by atoms with Crippen molar-refractivity contribution in [3.63, 3.8) is 0 Å². The van der Waals surface area contributed by atoms with Gasteiger partial charge in [-0.1, -0.05) is 0 Å². The largest absolute Gasteiger partial charge is 0.342 e. The van der Waals surface area contributed by atoms with E-state index in [1.54, 1.807) is 13.1 Å². The van der Waals surface area contributed by atoms with Crippen molar-refractivity contribution in [1.82, 2.24) is 15.3 Å². The molecule has 0 amide bonds. The molecule has 0 aliphatic carbocycles. The van der Waals surface area contributed by atoms with Gasteiger partial charge in [0.25, 0.3) is 0 Å². The highest BCUT2D eigenvalue weighted by Crippen LogP contribution is 2.24. The van der Waals surface area contributed by atoms with Gasteiger partial charge in [-0.2, -0.15) is 0 Å². The highest BCUT2D eigenvalue weighted by atomic mass is 19.1. The Balaban J connectivity index is 1.84. The van der Waals surface area contributed by atoms with E-state index in [1.807, 2.05) is 0 Å². The Morgan fingerprint density at radius 3 is 2.90 bits per heavy atom. The predicted molar refractivity (Wildman–Crippen MR) is 73.4 cm³/mol. The number of imidazole rings is 1. The van der Waals surface area contributed by atoms with Crippen molar-refractivity contribution < 1.29 is 8.78 Å². The standard InChI is InChI=1S/C15H17F2N3/c1-9-4-13(17)11(6-12(9)16)14-8-19-15(20-14)5-10-2-3-18-7-10/h4,6,8,10,18H,2-3,5,7H2,1H3,(H,19,20). The first kappa shape index (κ1) is 13.2. The third-order valence-corrected chi connectivity index (χ3v) is 3.81. The van der Waals surface area contributed by atoms with Crippen molar-refractivity contribution >= 4 is 0 Å². The van der Waals surface area contributed by atoms with Crippen molar-refractivity contribution in [2.75, 3.05) is 13.1 Å². The zero-order chi connectivity index (χ0) is 14.1. The molecule has 3 nitrogen and oxygen atoms in total. The minimum atomic E-state index is -0.429. The molecule has 106 valence electrons. The van der Waals surface area contributed by atoms with Gasteiger partial charge in [0, 0.05) is 12.0 Å². The average Bonchev–Trinajstić information content (AvgIpc) is 3.06. The van der Waals surface area contributed by atoms with Gasteiger partial charge in [0.1, 0.15) is 17.5 Å². The summed E-state index contributed by atoms with van der Waals surface area (Å²) in [4.78, 5) is 7.38. The van der Waals surface area contributed by atoms with Gasteiger partial charge in [-0.3, -0.25) is 0 Å². The molecule has 1 fully saturated rings. The van der Waals surface area contributed by atoms with Gasteiger partial charge in [-0.15, -0.1) is 0 Å². The van der Waals surface area contributed by atoms with Gasteiger partial charge in [-0.25, -0.2) is 13.8 Å². The summed E-state index contributed by atoms with van der Waals surface area (Å²) in [5, 5.41) is 3.30. The van der Waals surface area contributed by atoms with Crippen LogP contribution in [-0.4, -0.2) is 23.1 Å². The van der Waals surface area contributed by atoms with Crippen LogP contribution in [0.1, 0.15) is 17.8 Å². The molecule has 5 heteroatoms. The third-order valence-electron chi connectivity index (χ3n) is 3.81. The number of nitrogens with zero attached hydrogens (tertiary/aromatic N) is 1. The Morgan fingerprint density at radius 2 is 2.15 bits per heavy atom. The lowest BCUT2D eigenvalue weighted by atomic mass is 10.1. The molecule has 0 saturated carbocycles. The molecule has 1 aliphatic heterocycles. The Morgan fingerprint density at radius 1 is 1.30 bits per heavy atom. The molecular formula is C15H17F2N3. The number of rotatable bonds is 3.